The van der Waals surface area contributed by atoms with Crippen LogP contribution in [0.2, 0.25) is 0 Å². The lowest BCUT2D eigenvalue weighted by atomic mass is 10.0. The van der Waals surface area contributed by atoms with Crippen LogP contribution in [0.1, 0.15) is 24.5 Å². The Bertz CT molecular complexity index is 506. The fourth-order valence-electron chi connectivity index (χ4n) is 2.92. The third-order valence-electron chi connectivity index (χ3n) is 4.07. The average molecular weight is 296 g/mol. The molecule has 1 unspecified atom stereocenters. The van der Waals surface area contributed by atoms with Crippen LogP contribution < -0.4 is 15.2 Å². The molecular weight excluding hydrogens is 275 g/mol. The van der Waals surface area contributed by atoms with Gasteiger partial charge in [0.25, 0.3) is 0 Å². The molecule has 1 aromatic carbocycles. The van der Waals surface area contributed by atoms with Crippen molar-refractivity contribution < 1.29 is 19.0 Å². The van der Waals surface area contributed by atoms with Crippen LogP contribution in [0.4, 0.5) is 4.39 Å². The van der Waals surface area contributed by atoms with E-state index < -0.39 is 18.0 Å². The summed E-state index contributed by atoms with van der Waals surface area (Å²) in [5.41, 5.74) is 6.22. The number of aliphatic hydroxyl groups is 1. The first kappa shape index (κ1) is 14.6. The molecule has 0 amide bonds. The lowest BCUT2D eigenvalue weighted by molar-refractivity contribution is 0.118. The van der Waals surface area contributed by atoms with Crippen LogP contribution in [0.3, 0.4) is 0 Å². The Morgan fingerprint density at radius 2 is 1.95 bits per heavy atom. The maximum atomic E-state index is 14.4. The predicted octanol–water partition coefficient (Wildman–Crippen LogP) is 1.05. The molecule has 2 aliphatic heterocycles. The third-order valence-corrected chi connectivity index (χ3v) is 4.07. The predicted molar refractivity (Wildman–Crippen MR) is 76.0 cm³/mol. The highest BCUT2D eigenvalue weighted by Crippen LogP contribution is 2.37. The van der Waals surface area contributed by atoms with Gasteiger partial charge in [0, 0.05) is 18.2 Å². The highest BCUT2D eigenvalue weighted by molar-refractivity contribution is 5.46. The SMILES string of the molecule is N[C@H](CN1CCCC1)C(O)c1ccc2c(c1F)OCCO2. The van der Waals surface area contributed by atoms with Crippen LogP contribution in [0.15, 0.2) is 12.1 Å². The first-order chi connectivity index (χ1) is 10.2. The van der Waals surface area contributed by atoms with Crippen LogP contribution >= 0.6 is 0 Å². The van der Waals surface area contributed by atoms with Gasteiger partial charge in [0.15, 0.2) is 17.3 Å². The number of fused-ring (bicyclic) bond motifs is 1. The number of hydrogen-bond acceptors (Lipinski definition) is 5. The summed E-state index contributed by atoms with van der Waals surface area (Å²) in [5, 5.41) is 10.3. The van der Waals surface area contributed by atoms with Crippen molar-refractivity contribution in [2.75, 3.05) is 32.8 Å². The molecule has 0 aliphatic carbocycles. The Morgan fingerprint density at radius 1 is 1.24 bits per heavy atom. The Morgan fingerprint density at radius 3 is 2.71 bits per heavy atom. The summed E-state index contributed by atoms with van der Waals surface area (Å²) < 4.78 is 25.1. The van der Waals surface area contributed by atoms with Gasteiger partial charge in [0.2, 0.25) is 0 Å². The molecule has 0 bridgehead atoms. The summed E-state index contributed by atoms with van der Waals surface area (Å²) in [4.78, 5) is 2.20. The molecule has 1 saturated heterocycles. The van der Waals surface area contributed by atoms with E-state index in [1.54, 1.807) is 6.07 Å². The van der Waals surface area contributed by atoms with E-state index in [9.17, 15) is 9.50 Å². The number of halogens is 1. The van der Waals surface area contributed by atoms with Crippen LogP contribution in [0, 0.1) is 5.82 Å². The van der Waals surface area contributed by atoms with Crippen molar-refractivity contribution >= 4 is 0 Å². The molecule has 2 aliphatic rings. The summed E-state index contributed by atoms with van der Waals surface area (Å²) >= 11 is 0. The standard InChI is InChI=1S/C15H21FN2O3/c16-13-10(3-4-12-15(13)21-8-7-20-12)14(19)11(17)9-18-5-1-2-6-18/h3-4,11,14,19H,1-2,5-9,17H2/t11-,14?/m1/s1. The van der Waals surface area contributed by atoms with Gasteiger partial charge in [-0.15, -0.1) is 0 Å². The fourth-order valence-corrected chi connectivity index (χ4v) is 2.92. The maximum absolute atomic E-state index is 14.4. The zero-order valence-electron chi connectivity index (χ0n) is 11.9. The van der Waals surface area contributed by atoms with Gasteiger partial charge < -0.3 is 25.2 Å². The van der Waals surface area contributed by atoms with Gasteiger partial charge in [-0.25, -0.2) is 4.39 Å². The minimum Gasteiger partial charge on any atom is -0.486 e. The van der Waals surface area contributed by atoms with Gasteiger partial charge in [-0.3, -0.25) is 0 Å². The number of benzene rings is 1. The van der Waals surface area contributed by atoms with Crippen LogP contribution in [0.25, 0.3) is 0 Å². The van der Waals surface area contributed by atoms with Gasteiger partial charge >= 0.3 is 0 Å². The number of ether oxygens (including phenoxy) is 2. The van der Waals surface area contributed by atoms with E-state index in [2.05, 4.69) is 4.90 Å². The van der Waals surface area contributed by atoms with Gasteiger partial charge in [-0.2, -0.15) is 0 Å². The van der Waals surface area contributed by atoms with Crippen molar-refractivity contribution in [2.45, 2.75) is 25.0 Å². The molecule has 3 rings (SSSR count). The van der Waals surface area contributed by atoms with E-state index in [1.807, 2.05) is 0 Å². The number of hydrogen-bond donors (Lipinski definition) is 2. The first-order valence-electron chi connectivity index (χ1n) is 7.41. The molecule has 21 heavy (non-hydrogen) atoms. The van der Waals surface area contributed by atoms with Gasteiger partial charge in [0.1, 0.15) is 13.2 Å². The molecule has 0 spiro atoms. The topological polar surface area (TPSA) is 68.0 Å². The van der Waals surface area contributed by atoms with Crippen molar-refractivity contribution in [3.63, 3.8) is 0 Å². The van der Waals surface area contributed by atoms with Crippen molar-refractivity contribution in [3.05, 3.63) is 23.5 Å². The second-order valence-electron chi connectivity index (χ2n) is 5.61. The Hall–Kier alpha value is -1.37. The smallest absolute Gasteiger partial charge is 0.197 e. The van der Waals surface area contributed by atoms with E-state index in [4.69, 9.17) is 15.2 Å². The molecule has 116 valence electrons. The number of nitrogens with two attached hydrogens (primary N) is 1. The minimum absolute atomic E-state index is 0.0752. The van der Waals surface area contributed by atoms with Crippen molar-refractivity contribution in [2.24, 2.45) is 5.73 Å². The van der Waals surface area contributed by atoms with Crippen LogP contribution in [-0.4, -0.2) is 48.9 Å². The maximum Gasteiger partial charge on any atom is 0.197 e. The molecule has 0 radical (unpaired) electrons. The molecule has 0 saturated carbocycles. The molecular formula is C15H21FN2O3. The van der Waals surface area contributed by atoms with E-state index in [0.717, 1.165) is 25.9 Å². The molecule has 2 atom stereocenters. The van der Waals surface area contributed by atoms with Crippen LogP contribution in [-0.2, 0) is 0 Å². The van der Waals surface area contributed by atoms with Gasteiger partial charge in [-0.05, 0) is 38.1 Å². The Balaban J connectivity index is 1.75. The number of nitrogens with zero attached hydrogens (tertiary/aromatic N) is 1. The second kappa shape index (κ2) is 6.17. The summed E-state index contributed by atoms with van der Waals surface area (Å²) in [6.07, 6.45) is 1.25. The highest BCUT2D eigenvalue weighted by Gasteiger charge is 2.27. The lowest BCUT2D eigenvalue weighted by Crippen LogP contribution is -2.40. The summed E-state index contributed by atoms with van der Waals surface area (Å²) in [6.45, 7) is 3.26. The van der Waals surface area contributed by atoms with Gasteiger partial charge in [0.05, 0.1) is 6.10 Å². The van der Waals surface area contributed by atoms with Crippen LogP contribution in [0.5, 0.6) is 11.5 Å². The number of aliphatic hydroxyl groups excluding tert-OH is 1. The zero-order valence-corrected chi connectivity index (χ0v) is 11.9. The van der Waals surface area contributed by atoms with Gasteiger partial charge in [-0.1, -0.05) is 0 Å². The molecule has 0 aromatic heterocycles. The normalized spacial score (nSPS) is 21.3. The third kappa shape index (κ3) is 2.97. The Kier molecular flexibility index (Phi) is 4.28. The molecule has 2 heterocycles. The highest BCUT2D eigenvalue weighted by atomic mass is 19.1. The molecule has 6 heteroatoms. The summed E-state index contributed by atoms with van der Waals surface area (Å²) in [6, 6.07) is 2.62. The second-order valence-corrected chi connectivity index (χ2v) is 5.61. The van der Waals surface area contributed by atoms with Crippen molar-refractivity contribution in [1.82, 2.24) is 4.90 Å². The lowest BCUT2D eigenvalue weighted by Gasteiger charge is -2.26. The molecule has 1 aromatic rings. The van der Waals surface area contributed by atoms with E-state index in [-0.39, 0.29) is 11.3 Å². The summed E-state index contributed by atoms with van der Waals surface area (Å²) in [7, 11) is 0. The largest absolute Gasteiger partial charge is 0.486 e. The van der Waals surface area contributed by atoms with E-state index in [1.165, 1.54) is 6.07 Å². The number of rotatable bonds is 4. The average Bonchev–Trinajstić information content (AvgIpc) is 3.00. The zero-order chi connectivity index (χ0) is 14.8. The Labute approximate surface area is 123 Å². The first-order valence-corrected chi connectivity index (χ1v) is 7.41. The molecule has 3 N–H and O–H groups in total. The monoisotopic (exact) mass is 296 g/mol. The fraction of sp³-hybridized carbons (Fsp3) is 0.600. The van der Waals surface area contributed by atoms with E-state index in [0.29, 0.717) is 25.5 Å². The van der Waals surface area contributed by atoms with Crippen molar-refractivity contribution in [1.29, 1.82) is 0 Å². The minimum atomic E-state index is -1.05. The summed E-state index contributed by atoms with van der Waals surface area (Å²) in [5.74, 6) is -0.120. The van der Waals surface area contributed by atoms with Crippen molar-refractivity contribution in [3.8, 4) is 11.5 Å². The molecule has 1 fully saturated rings. The van der Waals surface area contributed by atoms with E-state index >= 15 is 0 Å². The number of likely N-dealkylation sites (tertiary alicyclic amines) is 1. The quantitative estimate of drug-likeness (QED) is 0.869. The molecule has 5 nitrogen and oxygen atoms in total.